The molecule has 0 rings (SSSR count). The third-order valence-corrected chi connectivity index (χ3v) is 1.16. The van der Waals surface area contributed by atoms with Gasteiger partial charge >= 0.3 is 0 Å². The molecule has 0 saturated heterocycles. The Balaban J connectivity index is 0. The van der Waals surface area contributed by atoms with Crippen LogP contribution in [-0.4, -0.2) is 23.9 Å². The first kappa shape index (κ1) is 11.4. The third-order valence-electron chi connectivity index (χ3n) is 0.686. The molecule has 0 amide bonds. The van der Waals surface area contributed by atoms with E-state index in [9.17, 15) is 0 Å². The van der Waals surface area contributed by atoms with E-state index in [0.29, 0.717) is 0 Å². The van der Waals surface area contributed by atoms with Gasteiger partial charge in [-0.3, -0.25) is 0 Å². The molecule has 0 unspecified atom stereocenters. The van der Waals surface area contributed by atoms with E-state index in [2.05, 4.69) is 11.6 Å². The molecule has 0 aromatic carbocycles. The van der Waals surface area contributed by atoms with E-state index >= 15 is 0 Å². The Morgan fingerprint density at radius 1 is 1.12 bits per heavy atom. The Hall–Kier alpha value is 0.540. The van der Waals surface area contributed by atoms with Gasteiger partial charge in [0.2, 0.25) is 0 Å². The highest BCUT2D eigenvalue weighted by molar-refractivity contribution is 6.15. The number of hydrogen-bond acceptors (Lipinski definition) is 1. The fraction of sp³-hybridized carbons (Fsp3) is 1.00. The van der Waals surface area contributed by atoms with Crippen molar-refractivity contribution in [1.82, 2.24) is 4.42 Å². The van der Waals surface area contributed by atoms with Crippen LogP contribution in [0.1, 0.15) is 13.8 Å². The summed E-state index contributed by atoms with van der Waals surface area (Å²) in [6.07, 6.45) is 1.47. The molecule has 0 aliphatic heterocycles. The summed E-state index contributed by atoms with van der Waals surface area (Å²) in [4.78, 5) is 0. The van der Waals surface area contributed by atoms with Gasteiger partial charge < -0.3 is 0 Å². The summed E-state index contributed by atoms with van der Waals surface area (Å²) in [5, 5.41) is 0. The van der Waals surface area contributed by atoms with Crippen molar-refractivity contribution in [2.24, 2.45) is 0 Å². The van der Waals surface area contributed by atoms with Crippen molar-refractivity contribution in [2.45, 2.75) is 13.8 Å². The second kappa shape index (κ2) is 10.5. The van der Waals surface area contributed by atoms with E-state index in [1.54, 1.807) is 4.42 Å². The molecule has 0 radical (unpaired) electrons. The first-order chi connectivity index (χ1) is 3.81. The molecule has 0 bridgehead atoms. The highest BCUT2D eigenvalue weighted by atomic mass is 35.5. The molecular formula is C5H13Cl2N. The van der Waals surface area contributed by atoms with E-state index in [1.807, 2.05) is 13.8 Å². The minimum Gasteiger partial charge on any atom is -0.221 e. The summed E-state index contributed by atoms with van der Waals surface area (Å²) in [6.45, 7) is 5.91. The van der Waals surface area contributed by atoms with Crippen LogP contribution < -0.4 is 0 Å². The maximum absolute atomic E-state index is 5.48. The van der Waals surface area contributed by atoms with Crippen LogP contribution in [0.2, 0.25) is 0 Å². The minimum absolute atomic E-state index is 0.929. The van der Waals surface area contributed by atoms with Gasteiger partial charge in [-0.1, -0.05) is 13.8 Å². The fourth-order valence-corrected chi connectivity index (χ4v) is 0.224. The van der Waals surface area contributed by atoms with Crippen LogP contribution >= 0.6 is 23.4 Å². The zero-order valence-corrected chi connectivity index (χ0v) is 7.13. The quantitative estimate of drug-likeness (QED) is 0.440. The molecule has 0 atom stereocenters. The van der Waals surface area contributed by atoms with Crippen molar-refractivity contribution >= 4 is 23.4 Å². The topological polar surface area (TPSA) is 3.24 Å². The van der Waals surface area contributed by atoms with Gasteiger partial charge in [0.1, 0.15) is 0 Å². The monoisotopic (exact) mass is 157 g/mol. The molecular weight excluding hydrogens is 145 g/mol. The van der Waals surface area contributed by atoms with Crippen LogP contribution in [0.3, 0.4) is 0 Å². The number of hydrogen-bond donors (Lipinski definition) is 0. The smallest absolute Gasteiger partial charge is 0.0110 e. The summed E-state index contributed by atoms with van der Waals surface area (Å²) in [6, 6.07) is 0. The van der Waals surface area contributed by atoms with Gasteiger partial charge in [0.15, 0.2) is 0 Å². The number of nitrogens with zero attached hydrogens (tertiary/aromatic N) is 1. The summed E-state index contributed by atoms with van der Waals surface area (Å²) >= 11 is 10.1. The van der Waals surface area contributed by atoms with Crippen molar-refractivity contribution in [3.05, 3.63) is 0 Å². The number of halogens is 2. The predicted molar refractivity (Wildman–Crippen MR) is 40.6 cm³/mol. The Bertz CT molecular complexity index is 29.6. The van der Waals surface area contributed by atoms with Crippen molar-refractivity contribution in [1.29, 1.82) is 0 Å². The Kier molecular flexibility index (Phi) is 14.9. The average Bonchev–Trinajstić information content (AvgIpc) is 1.91. The zero-order valence-electron chi connectivity index (χ0n) is 5.62. The van der Waals surface area contributed by atoms with Crippen LogP contribution in [-0.2, 0) is 0 Å². The average molecular weight is 158 g/mol. The Morgan fingerprint density at radius 2 is 1.38 bits per heavy atom. The molecule has 0 fully saturated rings. The van der Waals surface area contributed by atoms with E-state index < -0.39 is 0 Å². The largest absolute Gasteiger partial charge is 0.221 e. The molecule has 8 heavy (non-hydrogen) atoms. The zero-order chi connectivity index (χ0) is 6.99. The molecule has 0 aromatic heterocycles. The molecule has 0 spiro atoms. The molecule has 3 heteroatoms. The molecule has 0 saturated carbocycles. The fourth-order valence-electron chi connectivity index (χ4n) is 0.224. The van der Waals surface area contributed by atoms with Crippen molar-refractivity contribution < 1.29 is 0 Å². The van der Waals surface area contributed by atoms with Crippen LogP contribution in [0, 0.1) is 0 Å². The molecule has 0 aliphatic rings. The van der Waals surface area contributed by atoms with Gasteiger partial charge in [-0.2, -0.15) is 0 Å². The normalized spacial score (nSPS) is 8.25. The molecule has 1 nitrogen and oxygen atoms in total. The van der Waals surface area contributed by atoms with Gasteiger partial charge in [-0.05, 0) is 11.8 Å². The summed E-state index contributed by atoms with van der Waals surface area (Å²) in [5.74, 6) is 0. The third kappa shape index (κ3) is 9.74. The summed E-state index contributed by atoms with van der Waals surface area (Å²) in [7, 11) is 0. The van der Waals surface area contributed by atoms with Crippen molar-refractivity contribution in [3.63, 3.8) is 0 Å². The Morgan fingerprint density at radius 3 is 1.38 bits per heavy atom. The van der Waals surface area contributed by atoms with Gasteiger partial charge in [-0.25, -0.2) is 4.42 Å². The maximum Gasteiger partial charge on any atom is 0.0110 e. The second-order valence-electron chi connectivity index (χ2n) is 1.10. The molecule has 0 aromatic rings. The second-order valence-corrected chi connectivity index (χ2v) is 1.57. The van der Waals surface area contributed by atoms with E-state index in [0.717, 1.165) is 13.1 Å². The van der Waals surface area contributed by atoms with E-state index in [-0.39, 0.29) is 0 Å². The van der Waals surface area contributed by atoms with Crippen LogP contribution in [0.25, 0.3) is 0 Å². The summed E-state index contributed by atoms with van der Waals surface area (Å²) < 4.78 is 1.72. The van der Waals surface area contributed by atoms with Crippen LogP contribution in [0.5, 0.6) is 0 Å². The van der Waals surface area contributed by atoms with Crippen LogP contribution in [0.15, 0.2) is 0 Å². The first-order valence-corrected chi connectivity index (χ1v) is 3.69. The number of alkyl halides is 1. The Labute approximate surface area is 61.7 Å². The maximum atomic E-state index is 5.48. The SMILES string of the molecule is CCN(Cl)CC.CCl. The lowest BCUT2D eigenvalue weighted by atomic mass is 10.7. The van der Waals surface area contributed by atoms with E-state index in [1.165, 1.54) is 6.38 Å². The van der Waals surface area contributed by atoms with Gasteiger partial charge in [0, 0.05) is 19.5 Å². The summed E-state index contributed by atoms with van der Waals surface area (Å²) in [5.41, 5.74) is 0. The standard InChI is InChI=1S/C4H10ClN.CH3Cl/c1-3-6(5)4-2;1-2/h3-4H2,1-2H3;1H3. The van der Waals surface area contributed by atoms with Gasteiger partial charge in [0.25, 0.3) is 0 Å². The van der Waals surface area contributed by atoms with Crippen molar-refractivity contribution in [3.8, 4) is 0 Å². The minimum atomic E-state index is 0.929. The lowest BCUT2D eigenvalue weighted by molar-refractivity contribution is 0.507. The van der Waals surface area contributed by atoms with Gasteiger partial charge in [-0.15, -0.1) is 11.6 Å². The van der Waals surface area contributed by atoms with E-state index in [4.69, 9.17) is 11.8 Å². The molecule has 0 N–H and O–H groups in total. The lowest BCUT2D eigenvalue weighted by Crippen LogP contribution is -2.08. The lowest BCUT2D eigenvalue weighted by Gasteiger charge is -2.03. The molecule has 0 aliphatic carbocycles. The number of rotatable bonds is 2. The first-order valence-electron chi connectivity index (χ1n) is 2.59. The van der Waals surface area contributed by atoms with Gasteiger partial charge in [0.05, 0.1) is 0 Å². The molecule has 52 valence electrons. The molecule has 0 heterocycles. The highest BCUT2D eigenvalue weighted by Crippen LogP contribution is 1.87. The van der Waals surface area contributed by atoms with Crippen molar-refractivity contribution in [2.75, 3.05) is 19.5 Å². The highest BCUT2D eigenvalue weighted by Gasteiger charge is 1.85. The predicted octanol–water partition coefficient (Wildman–Crippen LogP) is 2.34. The van der Waals surface area contributed by atoms with Crippen LogP contribution in [0.4, 0.5) is 0 Å².